The average molecular weight is 214 g/mol. The summed E-state index contributed by atoms with van der Waals surface area (Å²) in [5, 5.41) is 3.67. The molecular formula is C13H30N2. The van der Waals surface area contributed by atoms with E-state index in [9.17, 15) is 0 Å². The molecule has 2 unspecified atom stereocenters. The molecule has 1 rings (SSSR count). The second kappa shape index (κ2) is 6.49. The summed E-state index contributed by atoms with van der Waals surface area (Å²) >= 11 is 0. The van der Waals surface area contributed by atoms with Crippen LogP contribution in [-0.4, -0.2) is 37.6 Å². The van der Waals surface area contributed by atoms with Gasteiger partial charge in [-0.1, -0.05) is 27.7 Å². The molecule has 0 saturated heterocycles. The molecule has 0 aromatic heterocycles. The molecule has 2 nitrogen and oxygen atoms in total. The Morgan fingerprint density at radius 3 is 2.13 bits per heavy atom. The van der Waals surface area contributed by atoms with Crippen molar-refractivity contribution in [2.75, 3.05) is 20.6 Å². The molecule has 2 heteroatoms. The molecule has 0 aliphatic heterocycles. The van der Waals surface area contributed by atoms with Crippen molar-refractivity contribution >= 4 is 0 Å². The van der Waals surface area contributed by atoms with Crippen LogP contribution in [0.15, 0.2) is 0 Å². The van der Waals surface area contributed by atoms with Crippen molar-refractivity contribution in [3.8, 4) is 0 Å². The van der Waals surface area contributed by atoms with Crippen molar-refractivity contribution < 1.29 is 0 Å². The van der Waals surface area contributed by atoms with Gasteiger partial charge in [-0.15, -0.1) is 0 Å². The number of hydrogen-bond donors (Lipinski definition) is 1. The van der Waals surface area contributed by atoms with Crippen LogP contribution in [0.3, 0.4) is 0 Å². The molecule has 92 valence electrons. The molecule has 0 radical (unpaired) electrons. The lowest BCUT2D eigenvalue weighted by molar-refractivity contribution is 0.358. The van der Waals surface area contributed by atoms with E-state index >= 15 is 0 Å². The van der Waals surface area contributed by atoms with Gasteiger partial charge < -0.3 is 10.2 Å². The lowest BCUT2D eigenvalue weighted by atomic mass is 10.1. The number of nitrogens with one attached hydrogen (secondary N) is 1. The van der Waals surface area contributed by atoms with Crippen LogP contribution >= 0.6 is 0 Å². The fourth-order valence-corrected chi connectivity index (χ4v) is 1.63. The molecule has 1 N–H and O–H groups in total. The van der Waals surface area contributed by atoms with Gasteiger partial charge in [0.1, 0.15) is 0 Å². The van der Waals surface area contributed by atoms with Crippen LogP contribution in [0.25, 0.3) is 0 Å². The van der Waals surface area contributed by atoms with Crippen LogP contribution in [0, 0.1) is 5.41 Å². The summed E-state index contributed by atoms with van der Waals surface area (Å²) in [6.45, 7) is 12.1. The highest BCUT2D eigenvalue weighted by Gasteiger charge is 2.45. The first-order valence-electron chi connectivity index (χ1n) is 6.32. The van der Waals surface area contributed by atoms with E-state index < -0.39 is 0 Å². The highest BCUT2D eigenvalue weighted by molar-refractivity contribution is 5.02. The summed E-state index contributed by atoms with van der Waals surface area (Å²) in [5.41, 5.74) is 0.562. The second-order valence-corrected chi connectivity index (χ2v) is 5.40. The second-order valence-electron chi connectivity index (χ2n) is 5.40. The first kappa shape index (κ1) is 14.9. The Bertz CT molecular complexity index is 164. The summed E-state index contributed by atoms with van der Waals surface area (Å²) in [7, 11) is 4.27. The van der Waals surface area contributed by atoms with E-state index in [0.717, 1.165) is 6.04 Å². The molecular weight excluding hydrogens is 184 g/mol. The maximum Gasteiger partial charge on any atom is 0.0127 e. The zero-order valence-corrected chi connectivity index (χ0v) is 11.7. The van der Waals surface area contributed by atoms with Gasteiger partial charge >= 0.3 is 0 Å². The Balaban J connectivity index is 0.000000921. The standard InChI is InChI=1S/C11H24N2.C2H6/c1-9(6-7-13(4)5)12-10-8-11(10,2)3;1-2/h9-10,12H,6-8H2,1-5H3;1-2H3. The molecule has 15 heavy (non-hydrogen) atoms. The van der Waals surface area contributed by atoms with E-state index in [4.69, 9.17) is 0 Å². The predicted molar refractivity (Wildman–Crippen MR) is 69.3 cm³/mol. The quantitative estimate of drug-likeness (QED) is 0.757. The van der Waals surface area contributed by atoms with Gasteiger partial charge in [0.05, 0.1) is 0 Å². The first-order chi connectivity index (χ1) is 6.92. The normalized spacial score (nSPS) is 24.4. The van der Waals surface area contributed by atoms with Gasteiger partial charge in [0.25, 0.3) is 0 Å². The Morgan fingerprint density at radius 2 is 1.80 bits per heavy atom. The van der Waals surface area contributed by atoms with Gasteiger partial charge in [-0.05, 0) is 45.8 Å². The van der Waals surface area contributed by atoms with Crippen LogP contribution in [0.1, 0.15) is 47.5 Å². The zero-order valence-electron chi connectivity index (χ0n) is 11.7. The van der Waals surface area contributed by atoms with E-state index in [2.05, 4.69) is 45.1 Å². The topological polar surface area (TPSA) is 15.3 Å². The summed E-state index contributed by atoms with van der Waals surface area (Å²) in [5.74, 6) is 0. The fourth-order valence-electron chi connectivity index (χ4n) is 1.63. The summed E-state index contributed by atoms with van der Waals surface area (Å²) in [6.07, 6.45) is 2.60. The average Bonchev–Trinajstić information content (AvgIpc) is 2.74. The monoisotopic (exact) mass is 214 g/mol. The fraction of sp³-hybridized carbons (Fsp3) is 1.00. The summed E-state index contributed by atoms with van der Waals surface area (Å²) in [6, 6.07) is 1.43. The maximum atomic E-state index is 3.67. The maximum absolute atomic E-state index is 3.67. The van der Waals surface area contributed by atoms with Gasteiger partial charge in [0, 0.05) is 12.1 Å². The van der Waals surface area contributed by atoms with Gasteiger partial charge in [0.15, 0.2) is 0 Å². The van der Waals surface area contributed by atoms with Gasteiger partial charge in [-0.2, -0.15) is 0 Å². The zero-order chi connectivity index (χ0) is 12.1. The third kappa shape index (κ3) is 6.16. The molecule has 0 heterocycles. The summed E-state index contributed by atoms with van der Waals surface area (Å²) < 4.78 is 0. The number of nitrogens with zero attached hydrogens (tertiary/aromatic N) is 1. The molecule has 0 aromatic carbocycles. The minimum Gasteiger partial charge on any atom is -0.311 e. The smallest absolute Gasteiger partial charge is 0.0127 e. The minimum atomic E-state index is 0.562. The molecule has 1 fully saturated rings. The lowest BCUT2D eigenvalue weighted by Gasteiger charge is -2.17. The predicted octanol–water partition coefficient (Wildman–Crippen LogP) is 2.74. The SMILES string of the molecule is CC.CC(CCN(C)C)NC1CC1(C)C. The van der Waals surface area contributed by atoms with Gasteiger partial charge in [0.2, 0.25) is 0 Å². The highest BCUT2D eigenvalue weighted by Crippen LogP contribution is 2.44. The highest BCUT2D eigenvalue weighted by atomic mass is 15.1. The van der Waals surface area contributed by atoms with Crippen molar-refractivity contribution in [1.82, 2.24) is 10.2 Å². The van der Waals surface area contributed by atoms with Crippen molar-refractivity contribution in [3.05, 3.63) is 0 Å². The molecule has 0 amide bonds. The Morgan fingerprint density at radius 1 is 1.33 bits per heavy atom. The van der Waals surface area contributed by atoms with Crippen LogP contribution in [-0.2, 0) is 0 Å². The van der Waals surface area contributed by atoms with Crippen LogP contribution in [0.2, 0.25) is 0 Å². The van der Waals surface area contributed by atoms with E-state index in [-0.39, 0.29) is 0 Å². The van der Waals surface area contributed by atoms with E-state index in [1.54, 1.807) is 0 Å². The largest absolute Gasteiger partial charge is 0.311 e. The molecule has 1 saturated carbocycles. The molecule has 1 aliphatic carbocycles. The Labute approximate surface area is 96.4 Å². The molecule has 0 bridgehead atoms. The molecule has 2 atom stereocenters. The Kier molecular flexibility index (Phi) is 6.46. The molecule has 0 aromatic rings. The third-order valence-electron chi connectivity index (χ3n) is 3.01. The van der Waals surface area contributed by atoms with Gasteiger partial charge in [-0.25, -0.2) is 0 Å². The molecule has 1 aliphatic rings. The van der Waals surface area contributed by atoms with E-state index in [1.807, 2.05) is 13.8 Å². The van der Waals surface area contributed by atoms with Crippen LogP contribution in [0.5, 0.6) is 0 Å². The number of hydrogen-bond acceptors (Lipinski definition) is 2. The molecule has 0 spiro atoms. The van der Waals surface area contributed by atoms with Crippen LogP contribution < -0.4 is 5.32 Å². The number of rotatable bonds is 5. The minimum absolute atomic E-state index is 0.562. The third-order valence-corrected chi connectivity index (χ3v) is 3.01. The van der Waals surface area contributed by atoms with Crippen molar-refractivity contribution in [2.24, 2.45) is 5.41 Å². The lowest BCUT2D eigenvalue weighted by Crippen LogP contribution is -2.33. The summed E-state index contributed by atoms with van der Waals surface area (Å²) in [4.78, 5) is 2.25. The first-order valence-corrected chi connectivity index (χ1v) is 6.32. The van der Waals surface area contributed by atoms with Crippen molar-refractivity contribution in [3.63, 3.8) is 0 Å². The van der Waals surface area contributed by atoms with Crippen molar-refractivity contribution in [2.45, 2.75) is 59.5 Å². The van der Waals surface area contributed by atoms with Crippen LogP contribution in [0.4, 0.5) is 0 Å². The van der Waals surface area contributed by atoms with Gasteiger partial charge in [-0.3, -0.25) is 0 Å². The van der Waals surface area contributed by atoms with E-state index in [0.29, 0.717) is 11.5 Å². The van der Waals surface area contributed by atoms with E-state index in [1.165, 1.54) is 19.4 Å². The Hall–Kier alpha value is -0.0800. The van der Waals surface area contributed by atoms with Crippen molar-refractivity contribution in [1.29, 1.82) is 0 Å².